The zero-order valence-corrected chi connectivity index (χ0v) is 8.48. The first-order valence-electron chi connectivity index (χ1n) is 4.44. The molecule has 0 fully saturated rings. The van der Waals surface area contributed by atoms with Crippen molar-refractivity contribution < 1.29 is 4.79 Å². The van der Waals surface area contributed by atoms with E-state index in [2.05, 4.69) is 5.32 Å². The molecule has 3 heteroatoms. The van der Waals surface area contributed by atoms with Gasteiger partial charge in [-0.2, -0.15) is 0 Å². The quantitative estimate of drug-likeness (QED) is 0.665. The van der Waals surface area contributed by atoms with Crippen molar-refractivity contribution >= 4 is 5.91 Å². The summed E-state index contributed by atoms with van der Waals surface area (Å²) in [5.41, 5.74) is 5.39. The van der Waals surface area contributed by atoms with Crippen molar-refractivity contribution in [1.29, 1.82) is 0 Å². The molecule has 0 bridgehead atoms. The third-order valence-corrected chi connectivity index (χ3v) is 1.87. The normalized spacial score (nSPS) is 14.1. The van der Waals surface area contributed by atoms with Crippen LogP contribution in [0.4, 0.5) is 0 Å². The highest BCUT2D eigenvalue weighted by atomic mass is 16.1. The van der Waals surface area contributed by atoms with E-state index in [-0.39, 0.29) is 17.5 Å². The van der Waals surface area contributed by atoms with Gasteiger partial charge in [-0.15, -0.1) is 0 Å². The number of hydrogen-bond acceptors (Lipinski definition) is 2. The van der Waals surface area contributed by atoms with Crippen molar-refractivity contribution in [3.63, 3.8) is 0 Å². The minimum Gasteiger partial charge on any atom is -0.351 e. The van der Waals surface area contributed by atoms with Gasteiger partial charge >= 0.3 is 0 Å². The monoisotopic (exact) mass is 172 g/mol. The molecule has 1 amide bonds. The van der Waals surface area contributed by atoms with E-state index in [4.69, 9.17) is 5.73 Å². The molecule has 3 nitrogen and oxygen atoms in total. The number of hydrogen-bond donors (Lipinski definition) is 2. The van der Waals surface area contributed by atoms with E-state index in [1.807, 2.05) is 27.7 Å². The lowest BCUT2D eigenvalue weighted by Crippen LogP contribution is -2.44. The van der Waals surface area contributed by atoms with Crippen molar-refractivity contribution in [2.75, 3.05) is 0 Å². The van der Waals surface area contributed by atoms with Gasteiger partial charge in [0, 0.05) is 18.0 Å². The van der Waals surface area contributed by atoms with Crippen molar-refractivity contribution in [3.05, 3.63) is 0 Å². The van der Waals surface area contributed by atoms with E-state index in [1.165, 1.54) is 0 Å². The molecule has 3 N–H and O–H groups in total. The first-order valence-corrected chi connectivity index (χ1v) is 4.44. The second kappa shape index (κ2) is 4.45. The Hall–Kier alpha value is -0.570. The topological polar surface area (TPSA) is 55.1 Å². The molecule has 0 saturated carbocycles. The molecule has 0 spiro atoms. The molecule has 0 aromatic carbocycles. The summed E-state index contributed by atoms with van der Waals surface area (Å²) < 4.78 is 0. The largest absolute Gasteiger partial charge is 0.351 e. The van der Waals surface area contributed by atoms with Gasteiger partial charge in [0.15, 0.2) is 0 Å². The van der Waals surface area contributed by atoms with Gasteiger partial charge in [-0.3, -0.25) is 4.79 Å². The molecule has 0 rings (SSSR count). The lowest BCUT2D eigenvalue weighted by molar-refractivity contribution is -0.122. The molecule has 0 saturated heterocycles. The highest BCUT2D eigenvalue weighted by Crippen LogP contribution is 2.06. The first-order chi connectivity index (χ1) is 5.37. The van der Waals surface area contributed by atoms with Crippen LogP contribution in [0, 0.1) is 0 Å². The number of rotatable bonds is 4. The molecule has 1 atom stereocenters. The Kier molecular flexibility index (Phi) is 4.24. The molecule has 12 heavy (non-hydrogen) atoms. The predicted octanol–water partition coefficient (Wildman–Crippen LogP) is 1.03. The maximum Gasteiger partial charge on any atom is 0.221 e. The Balaban J connectivity index is 3.84. The van der Waals surface area contributed by atoms with Crippen molar-refractivity contribution in [2.45, 2.75) is 52.1 Å². The fourth-order valence-electron chi connectivity index (χ4n) is 0.809. The predicted molar refractivity (Wildman–Crippen MR) is 50.8 cm³/mol. The first kappa shape index (κ1) is 11.4. The van der Waals surface area contributed by atoms with Crippen LogP contribution in [0.25, 0.3) is 0 Å². The van der Waals surface area contributed by atoms with E-state index in [0.29, 0.717) is 6.42 Å². The van der Waals surface area contributed by atoms with Crippen LogP contribution < -0.4 is 11.1 Å². The average Bonchev–Trinajstić information content (AvgIpc) is 1.84. The minimum atomic E-state index is -0.105. The summed E-state index contributed by atoms with van der Waals surface area (Å²) in [6.45, 7) is 7.89. The van der Waals surface area contributed by atoms with Crippen LogP contribution in [-0.2, 0) is 4.79 Å². The van der Waals surface area contributed by atoms with Gasteiger partial charge in [0.2, 0.25) is 5.91 Å². The van der Waals surface area contributed by atoms with Gasteiger partial charge < -0.3 is 11.1 Å². The Morgan fingerprint density at radius 1 is 1.58 bits per heavy atom. The molecule has 0 aliphatic carbocycles. The smallest absolute Gasteiger partial charge is 0.221 e. The van der Waals surface area contributed by atoms with E-state index in [9.17, 15) is 4.79 Å². The number of carbonyl (C=O) groups is 1. The summed E-state index contributed by atoms with van der Waals surface area (Å²) in [5, 5.41) is 2.92. The lowest BCUT2D eigenvalue weighted by atomic mass is 10.0. The van der Waals surface area contributed by atoms with Gasteiger partial charge in [0.05, 0.1) is 0 Å². The van der Waals surface area contributed by atoms with Gasteiger partial charge in [-0.25, -0.2) is 0 Å². The minimum absolute atomic E-state index is 0.0388. The van der Waals surface area contributed by atoms with E-state index in [1.54, 1.807) is 0 Å². The van der Waals surface area contributed by atoms with Crippen molar-refractivity contribution in [2.24, 2.45) is 5.73 Å². The highest BCUT2D eigenvalue weighted by molar-refractivity contribution is 5.77. The van der Waals surface area contributed by atoms with Crippen LogP contribution in [0.1, 0.15) is 40.5 Å². The molecular formula is C9H20N2O. The number of amides is 1. The third kappa shape index (κ3) is 5.13. The second-order valence-corrected chi connectivity index (χ2v) is 3.97. The van der Waals surface area contributed by atoms with Crippen LogP contribution in [0.15, 0.2) is 0 Å². The van der Waals surface area contributed by atoms with Crippen LogP contribution >= 0.6 is 0 Å². The van der Waals surface area contributed by atoms with Crippen LogP contribution in [0.5, 0.6) is 0 Å². The van der Waals surface area contributed by atoms with E-state index in [0.717, 1.165) is 6.42 Å². The Morgan fingerprint density at radius 3 is 2.42 bits per heavy atom. The molecule has 0 radical (unpaired) electrons. The summed E-state index contributed by atoms with van der Waals surface area (Å²) in [7, 11) is 0. The molecule has 72 valence electrons. The van der Waals surface area contributed by atoms with Crippen LogP contribution in [0.3, 0.4) is 0 Å². The molecular weight excluding hydrogens is 152 g/mol. The van der Waals surface area contributed by atoms with Crippen molar-refractivity contribution in [3.8, 4) is 0 Å². The Labute approximate surface area is 74.7 Å². The fourth-order valence-corrected chi connectivity index (χ4v) is 0.809. The van der Waals surface area contributed by atoms with E-state index >= 15 is 0 Å². The average molecular weight is 172 g/mol. The fraction of sp³-hybridized carbons (Fsp3) is 0.889. The van der Waals surface area contributed by atoms with Gasteiger partial charge in [0.1, 0.15) is 0 Å². The molecule has 0 aromatic rings. The standard InChI is InChI=1S/C9H20N2O/c1-5-9(3,4)11-8(12)6-7(2)10/h7H,5-6,10H2,1-4H3,(H,11,12). The Bertz CT molecular complexity index is 153. The maximum absolute atomic E-state index is 11.2. The van der Waals surface area contributed by atoms with Crippen LogP contribution in [-0.4, -0.2) is 17.5 Å². The van der Waals surface area contributed by atoms with Gasteiger partial charge in [-0.05, 0) is 27.2 Å². The van der Waals surface area contributed by atoms with E-state index < -0.39 is 0 Å². The molecule has 0 aromatic heterocycles. The number of nitrogens with one attached hydrogen (secondary N) is 1. The Morgan fingerprint density at radius 2 is 2.08 bits per heavy atom. The van der Waals surface area contributed by atoms with Gasteiger partial charge in [0.25, 0.3) is 0 Å². The number of carbonyl (C=O) groups excluding carboxylic acids is 1. The summed E-state index contributed by atoms with van der Waals surface area (Å²) in [6, 6.07) is -0.0577. The maximum atomic E-state index is 11.2. The molecule has 0 heterocycles. The van der Waals surface area contributed by atoms with Gasteiger partial charge in [-0.1, -0.05) is 6.92 Å². The SMILES string of the molecule is CCC(C)(C)NC(=O)CC(C)N. The zero-order valence-electron chi connectivity index (χ0n) is 8.48. The lowest BCUT2D eigenvalue weighted by Gasteiger charge is -2.24. The summed E-state index contributed by atoms with van der Waals surface area (Å²) in [4.78, 5) is 11.2. The zero-order chi connectivity index (χ0) is 9.78. The highest BCUT2D eigenvalue weighted by Gasteiger charge is 2.17. The second-order valence-electron chi connectivity index (χ2n) is 3.97. The summed E-state index contributed by atoms with van der Waals surface area (Å²) in [5.74, 6) is 0.0388. The van der Waals surface area contributed by atoms with Crippen LogP contribution in [0.2, 0.25) is 0 Å². The van der Waals surface area contributed by atoms with Crippen molar-refractivity contribution in [1.82, 2.24) is 5.32 Å². The summed E-state index contributed by atoms with van der Waals surface area (Å²) >= 11 is 0. The third-order valence-electron chi connectivity index (χ3n) is 1.87. The summed E-state index contributed by atoms with van der Waals surface area (Å²) in [6.07, 6.45) is 1.33. The molecule has 0 aliphatic rings. The number of nitrogens with two attached hydrogens (primary N) is 1. The molecule has 0 aliphatic heterocycles. The molecule has 1 unspecified atom stereocenters.